The van der Waals surface area contributed by atoms with Crippen molar-refractivity contribution in [1.29, 1.82) is 0 Å². The van der Waals surface area contributed by atoms with Gasteiger partial charge in [-0.1, -0.05) is 60.1 Å². The van der Waals surface area contributed by atoms with Crippen molar-refractivity contribution in [1.82, 2.24) is 10.0 Å². The Bertz CT molecular complexity index is 1230. The summed E-state index contributed by atoms with van der Waals surface area (Å²) in [5.41, 5.74) is 4.24. The van der Waals surface area contributed by atoms with Crippen molar-refractivity contribution < 1.29 is 5.21 Å². The number of fused-ring (bicyclic) bond motifs is 1. The average molecular weight is 401 g/mol. The summed E-state index contributed by atoms with van der Waals surface area (Å²) >= 11 is 6.02. The van der Waals surface area contributed by atoms with Crippen LogP contribution < -0.4 is 0 Å². The van der Waals surface area contributed by atoms with Crippen molar-refractivity contribution in [2.45, 2.75) is 6.04 Å². The van der Waals surface area contributed by atoms with Gasteiger partial charge in [0.15, 0.2) is 5.84 Å². The van der Waals surface area contributed by atoms with Gasteiger partial charge in [-0.3, -0.25) is 5.21 Å². The molecule has 1 aliphatic heterocycles. The molecule has 4 aromatic rings. The molecule has 2 heterocycles. The Morgan fingerprint density at radius 3 is 2.34 bits per heavy atom. The molecule has 29 heavy (non-hydrogen) atoms. The summed E-state index contributed by atoms with van der Waals surface area (Å²) in [6, 6.07) is 24.5. The summed E-state index contributed by atoms with van der Waals surface area (Å²) in [6.07, 6.45) is 1.92. The predicted molar refractivity (Wildman–Crippen MR) is 116 cm³/mol. The van der Waals surface area contributed by atoms with Crippen molar-refractivity contribution in [2.24, 2.45) is 10.2 Å². The maximum atomic E-state index is 11.3. The third-order valence-corrected chi connectivity index (χ3v) is 5.31. The molecule has 0 fully saturated rings. The second-order valence-electron chi connectivity index (χ2n) is 6.82. The zero-order chi connectivity index (χ0) is 19.8. The van der Waals surface area contributed by atoms with E-state index >= 15 is 0 Å². The van der Waals surface area contributed by atoms with E-state index in [4.69, 9.17) is 11.6 Å². The topological polar surface area (TPSA) is 64.0 Å². The molecule has 5 rings (SSSR count). The first-order valence-electron chi connectivity index (χ1n) is 9.23. The Kier molecular flexibility index (Phi) is 4.39. The highest BCUT2D eigenvalue weighted by Gasteiger charge is 2.34. The van der Waals surface area contributed by atoms with Crippen LogP contribution in [-0.2, 0) is 0 Å². The van der Waals surface area contributed by atoms with Gasteiger partial charge >= 0.3 is 0 Å². The fourth-order valence-electron chi connectivity index (χ4n) is 3.65. The lowest BCUT2D eigenvalue weighted by atomic mass is 9.94. The second kappa shape index (κ2) is 7.20. The van der Waals surface area contributed by atoms with E-state index in [-0.39, 0.29) is 0 Å². The number of hydrogen-bond donors (Lipinski definition) is 2. The summed E-state index contributed by atoms with van der Waals surface area (Å²) < 4.78 is 0. The van der Waals surface area contributed by atoms with E-state index < -0.39 is 6.04 Å². The molecule has 0 bridgehead atoms. The molecule has 1 aliphatic rings. The normalized spacial score (nSPS) is 16.6. The van der Waals surface area contributed by atoms with Gasteiger partial charge in [0.25, 0.3) is 0 Å². The summed E-state index contributed by atoms with van der Waals surface area (Å²) in [5, 5.41) is 23.0. The standard InChI is InChI=1S/C23H17ClN4O/c24-17-12-10-16(11-13-17)23-27-26-21(15-6-2-1-3-7-15)22(28(23)29)19-14-25-20-9-5-4-8-18(19)20/h1-14,22,25,29H/t22-/m0/s1. The van der Waals surface area contributed by atoms with Crippen LogP contribution in [0.25, 0.3) is 10.9 Å². The minimum absolute atomic E-state index is 0.372. The van der Waals surface area contributed by atoms with Crippen molar-refractivity contribution >= 4 is 34.1 Å². The van der Waals surface area contributed by atoms with Gasteiger partial charge in [0.2, 0.25) is 0 Å². The molecular weight excluding hydrogens is 384 g/mol. The largest absolute Gasteiger partial charge is 0.361 e. The van der Waals surface area contributed by atoms with Crippen LogP contribution in [0.3, 0.4) is 0 Å². The Balaban J connectivity index is 1.69. The maximum Gasteiger partial charge on any atom is 0.182 e. The number of rotatable bonds is 3. The van der Waals surface area contributed by atoms with E-state index in [0.29, 0.717) is 16.6 Å². The molecule has 5 nitrogen and oxygen atoms in total. The Morgan fingerprint density at radius 2 is 1.55 bits per heavy atom. The first kappa shape index (κ1) is 17.7. The highest BCUT2D eigenvalue weighted by atomic mass is 35.5. The summed E-state index contributed by atoms with van der Waals surface area (Å²) in [7, 11) is 0. The van der Waals surface area contributed by atoms with E-state index in [9.17, 15) is 5.21 Å². The number of aromatic amines is 1. The molecule has 0 aliphatic carbocycles. The Morgan fingerprint density at radius 1 is 0.828 bits per heavy atom. The lowest BCUT2D eigenvalue weighted by Gasteiger charge is -2.31. The van der Waals surface area contributed by atoms with E-state index in [1.54, 1.807) is 12.1 Å². The van der Waals surface area contributed by atoms with Crippen LogP contribution in [0.15, 0.2) is 95.3 Å². The van der Waals surface area contributed by atoms with Gasteiger partial charge in [0.05, 0.1) is 0 Å². The number of amidine groups is 1. The number of H-pyrrole nitrogens is 1. The molecule has 0 spiro atoms. The molecule has 0 amide bonds. The molecule has 142 valence electrons. The van der Waals surface area contributed by atoms with Gasteiger partial charge in [-0.2, -0.15) is 5.10 Å². The molecule has 1 atom stereocenters. The smallest absolute Gasteiger partial charge is 0.182 e. The van der Waals surface area contributed by atoms with Crippen LogP contribution >= 0.6 is 11.6 Å². The van der Waals surface area contributed by atoms with E-state index in [2.05, 4.69) is 15.2 Å². The van der Waals surface area contributed by atoms with Gasteiger partial charge < -0.3 is 4.98 Å². The monoisotopic (exact) mass is 400 g/mol. The van der Waals surface area contributed by atoms with Crippen LogP contribution in [0.4, 0.5) is 0 Å². The molecule has 0 radical (unpaired) electrons. The number of nitrogens with zero attached hydrogens (tertiary/aromatic N) is 3. The first-order chi connectivity index (χ1) is 14.2. The molecule has 2 N–H and O–H groups in total. The predicted octanol–water partition coefficient (Wildman–Crippen LogP) is 5.42. The van der Waals surface area contributed by atoms with Crippen LogP contribution in [0, 0.1) is 0 Å². The van der Waals surface area contributed by atoms with Crippen LogP contribution in [-0.4, -0.2) is 26.8 Å². The van der Waals surface area contributed by atoms with Crippen molar-refractivity contribution in [3.8, 4) is 0 Å². The van der Waals surface area contributed by atoms with Crippen LogP contribution in [0.1, 0.15) is 22.7 Å². The van der Waals surface area contributed by atoms with Gasteiger partial charge in [-0.25, -0.2) is 5.06 Å². The van der Waals surface area contributed by atoms with Gasteiger partial charge in [-0.05, 0) is 30.3 Å². The number of aromatic nitrogens is 1. The maximum absolute atomic E-state index is 11.3. The van der Waals surface area contributed by atoms with Crippen LogP contribution in [0.5, 0.6) is 0 Å². The summed E-state index contributed by atoms with van der Waals surface area (Å²) in [6.45, 7) is 0. The number of para-hydroxylation sites is 1. The minimum atomic E-state index is -0.517. The van der Waals surface area contributed by atoms with Crippen molar-refractivity contribution in [3.63, 3.8) is 0 Å². The molecule has 6 heteroatoms. The summed E-state index contributed by atoms with van der Waals surface area (Å²) in [5.74, 6) is 0.372. The zero-order valence-corrected chi connectivity index (χ0v) is 16.1. The lowest BCUT2D eigenvalue weighted by molar-refractivity contribution is -0.0343. The summed E-state index contributed by atoms with van der Waals surface area (Å²) in [4.78, 5) is 3.29. The third kappa shape index (κ3) is 3.10. The van der Waals surface area contributed by atoms with E-state index in [1.165, 1.54) is 5.06 Å². The average Bonchev–Trinajstić information content (AvgIpc) is 3.19. The molecular formula is C23H17ClN4O. The second-order valence-corrected chi connectivity index (χ2v) is 7.25. The quantitative estimate of drug-likeness (QED) is 0.482. The molecule has 0 saturated carbocycles. The number of halogens is 1. The van der Waals surface area contributed by atoms with E-state index in [0.717, 1.165) is 27.6 Å². The zero-order valence-electron chi connectivity index (χ0n) is 15.3. The Labute approximate surface area is 172 Å². The van der Waals surface area contributed by atoms with Gasteiger partial charge in [0.1, 0.15) is 11.8 Å². The number of nitrogens with one attached hydrogen (secondary N) is 1. The number of hydroxylamine groups is 2. The molecule has 1 aromatic heterocycles. The molecule has 0 unspecified atom stereocenters. The van der Waals surface area contributed by atoms with Gasteiger partial charge in [-0.15, -0.1) is 5.10 Å². The van der Waals surface area contributed by atoms with Gasteiger partial charge in [0, 0.05) is 38.8 Å². The fourth-order valence-corrected chi connectivity index (χ4v) is 3.78. The SMILES string of the molecule is ON1C(c2ccc(Cl)cc2)=NN=C(c2ccccc2)[C@@H]1c1c[nH]c2ccccc12. The molecule has 0 saturated heterocycles. The Hall–Kier alpha value is -3.41. The highest BCUT2D eigenvalue weighted by molar-refractivity contribution is 6.30. The highest BCUT2D eigenvalue weighted by Crippen LogP contribution is 2.34. The lowest BCUT2D eigenvalue weighted by Crippen LogP contribution is -2.39. The first-order valence-corrected chi connectivity index (χ1v) is 9.61. The fraction of sp³-hybridized carbons (Fsp3) is 0.0435. The number of benzene rings is 3. The minimum Gasteiger partial charge on any atom is -0.361 e. The molecule has 3 aromatic carbocycles. The van der Waals surface area contributed by atoms with E-state index in [1.807, 2.05) is 72.9 Å². The van der Waals surface area contributed by atoms with Crippen molar-refractivity contribution in [3.05, 3.63) is 107 Å². The van der Waals surface area contributed by atoms with Crippen molar-refractivity contribution in [2.75, 3.05) is 0 Å². The van der Waals surface area contributed by atoms with Crippen LogP contribution in [0.2, 0.25) is 5.02 Å². The number of hydrogen-bond acceptors (Lipinski definition) is 4. The third-order valence-electron chi connectivity index (χ3n) is 5.06.